The van der Waals surface area contributed by atoms with E-state index >= 15 is 0 Å². The Labute approximate surface area is 199 Å². The van der Waals surface area contributed by atoms with Gasteiger partial charge in [-0.25, -0.2) is 14.8 Å². The van der Waals surface area contributed by atoms with Crippen molar-refractivity contribution in [2.24, 2.45) is 0 Å². The molecule has 15 heteroatoms. The number of fused-ring (bicyclic) bond motifs is 1. The van der Waals surface area contributed by atoms with Crippen LogP contribution in [0.15, 0.2) is 24.5 Å². The molecule has 0 radical (unpaired) electrons. The quantitative estimate of drug-likeness (QED) is 0.356. The largest absolute Gasteiger partial charge is 0.573 e. The molecule has 1 amide bonds. The molecular weight excluding hydrogens is 498 g/mol. The van der Waals surface area contributed by atoms with E-state index in [1.165, 1.54) is 6.07 Å². The maximum atomic E-state index is 13.8. The minimum Gasteiger partial charge on any atom is -0.453 e. The summed E-state index contributed by atoms with van der Waals surface area (Å²) in [5.74, 6) is -0.914. The van der Waals surface area contributed by atoms with E-state index in [0.717, 1.165) is 38.8 Å². The Bertz CT molecular complexity index is 1250. The van der Waals surface area contributed by atoms with E-state index in [9.17, 15) is 31.1 Å². The molecule has 3 aromatic rings. The number of benzene rings is 1. The van der Waals surface area contributed by atoms with Crippen LogP contribution in [-0.4, -0.2) is 53.6 Å². The first-order valence-corrected chi connectivity index (χ1v) is 10.6. The molecule has 36 heavy (non-hydrogen) atoms. The summed E-state index contributed by atoms with van der Waals surface area (Å²) in [5.41, 5.74) is -2.58. The fourth-order valence-electron chi connectivity index (χ4n) is 3.87. The number of aromatic nitrogens is 3. The molecule has 194 valence electrons. The van der Waals surface area contributed by atoms with Crippen LogP contribution in [0.4, 0.5) is 42.8 Å². The van der Waals surface area contributed by atoms with Crippen molar-refractivity contribution >= 4 is 28.6 Å². The van der Waals surface area contributed by atoms with Crippen molar-refractivity contribution < 1.29 is 40.6 Å². The number of piperidine rings is 1. The summed E-state index contributed by atoms with van der Waals surface area (Å²) >= 11 is 0. The molecule has 1 atom stereocenters. The zero-order chi connectivity index (χ0) is 26.1. The monoisotopic (exact) mass is 518 g/mol. The second-order valence-electron chi connectivity index (χ2n) is 7.87. The molecule has 0 spiro atoms. The Morgan fingerprint density at radius 3 is 2.61 bits per heavy atom. The zero-order valence-corrected chi connectivity index (χ0v) is 18.6. The van der Waals surface area contributed by atoms with Gasteiger partial charge < -0.3 is 25.1 Å². The van der Waals surface area contributed by atoms with Crippen LogP contribution in [0.25, 0.3) is 22.2 Å². The summed E-state index contributed by atoms with van der Waals surface area (Å²) in [7, 11) is 1.01. The van der Waals surface area contributed by atoms with Crippen molar-refractivity contribution in [1.29, 1.82) is 0 Å². The van der Waals surface area contributed by atoms with Gasteiger partial charge in [0.15, 0.2) is 5.75 Å². The molecule has 9 nitrogen and oxygen atoms in total. The van der Waals surface area contributed by atoms with Crippen molar-refractivity contribution in [3.8, 4) is 17.0 Å². The number of alkyl halides is 6. The summed E-state index contributed by atoms with van der Waals surface area (Å²) in [6, 6.07) is 2.18. The molecule has 0 aliphatic carbocycles. The Balaban J connectivity index is 1.84. The van der Waals surface area contributed by atoms with Crippen molar-refractivity contribution in [2.75, 3.05) is 30.8 Å². The van der Waals surface area contributed by atoms with Gasteiger partial charge in [-0.15, -0.1) is 13.2 Å². The topological polar surface area (TPSA) is 113 Å². The second kappa shape index (κ2) is 9.72. The van der Waals surface area contributed by atoms with Gasteiger partial charge in [-0.3, -0.25) is 5.32 Å². The first kappa shape index (κ1) is 25.3. The minimum absolute atomic E-state index is 0.0563. The van der Waals surface area contributed by atoms with Gasteiger partial charge in [-0.1, -0.05) is 0 Å². The van der Waals surface area contributed by atoms with E-state index in [1.54, 1.807) is 0 Å². The summed E-state index contributed by atoms with van der Waals surface area (Å²) in [5, 5.41) is 8.18. The van der Waals surface area contributed by atoms with Gasteiger partial charge >= 0.3 is 18.6 Å². The number of carbonyl (C=O) groups excluding carboxylic acids is 1. The standard InChI is InChI=1S/C21H20F6N6O3/c1-35-19(34)32-14-5-4-11-12(8-29-16(11)17(14)36-21(25,26)27)15-13(20(22,23)24)9-30-18(33-15)31-10-3-2-6-28-7-10/h4-5,8-10,28-29H,2-3,6-7H2,1H3,(H,32,34)(H,30,31,33). The maximum absolute atomic E-state index is 13.8. The van der Waals surface area contributed by atoms with E-state index in [4.69, 9.17) is 0 Å². The van der Waals surface area contributed by atoms with Crippen LogP contribution in [-0.2, 0) is 10.9 Å². The predicted molar refractivity (Wildman–Crippen MR) is 117 cm³/mol. The van der Waals surface area contributed by atoms with E-state index in [2.05, 4.69) is 40.4 Å². The SMILES string of the molecule is COC(=O)Nc1ccc2c(-c3nc(NC4CCCNC4)ncc3C(F)(F)F)c[nH]c2c1OC(F)(F)F. The molecule has 1 fully saturated rings. The highest BCUT2D eigenvalue weighted by Crippen LogP contribution is 2.43. The summed E-state index contributed by atoms with van der Waals surface area (Å²) in [6.07, 6.45) is -7.76. The predicted octanol–water partition coefficient (Wildman–Crippen LogP) is 4.88. The highest BCUT2D eigenvalue weighted by atomic mass is 19.4. The normalized spacial score (nSPS) is 16.6. The lowest BCUT2D eigenvalue weighted by atomic mass is 10.0. The van der Waals surface area contributed by atoms with E-state index < -0.39 is 41.3 Å². The third-order valence-electron chi connectivity index (χ3n) is 5.43. The zero-order valence-electron chi connectivity index (χ0n) is 18.6. The second-order valence-corrected chi connectivity index (χ2v) is 7.87. The van der Waals surface area contributed by atoms with Crippen molar-refractivity contribution in [3.63, 3.8) is 0 Å². The lowest BCUT2D eigenvalue weighted by Gasteiger charge is -2.24. The summed E-state index contributed by atoms with van der Waals surface area (Å²) in [4.78, 5) is 22.0. The van der Waals surface area contributed by atoms with Crippen LogP contribution in [0.2, 0.25) is 0 Å². The van der Waals surface area contributed by atoms with Crippen LogP contribution >= 0.6 is 0 Å². The molecule has 3 heterocycles. The number of hydrogen-bond donors (Lipinski definition) is 4. The number of amides is 1. The number of rotatable bonds is 5. The molecule has 4 rings (SSSR count). The van der Waals surface area contributed by atoms with Gasteiger partial charge in [0.1, 0.15) is 5.56 Å². The lowest BCUT2D eigenvalue weighted by molar-refractivity contribution is -0.273. The number of nitrogens with one attached hydrogen (secondary N) is 4. The molecule has 1 unspecified atom stereocenters. The van der Waals surface area contributed by atoms with Gasteiger partial charge in [0.2, 0.25) is 5.95 Å². The average Bonchev–Trinajstić information content (AvgIpc) is 3.24. The number of H-pyrrole nitrogens is 1. The fraction of sp³-hybridized carbons (Fsp3) is 0.381. The van der Waals surface area contributed by atoms with E-state index in [-0.39, 0.29) is 28.5 Å². The molecule has 1 aromatic carbocycles. The van der Waals surface area contributed by atoms with Gasteiger partial charge in [0.25, 0.3) is 0 Å². The Morgan fingerprint density at radius 1 is 1.19 bits per heavy atom. The van der Waals surface area contributed by atoms with Crippen LogP contribution in [0.5, 0.6) is 5.75 Å². The summed E-state index contributed by atoms with van der Waals surface area (Å²) in [6.45, 7) is 1.39. The number of anilines is 2. The van der Waals surface area contributed by atoms with Crippen LogP contribution in [0.3, 0.4) is 0 Å². The lowest BCUT2D eigenvalue weighted by Crippen LogP contribution is -2.38. The van der Waals surface area contributed by atoms with Gasteiger partial charge in [-0.05, 0) is 31.5 Å². The van der Waals surface area contributed by atoms with Crippen LogP contribution in [0, 0.1) is 0 Å². The number of aromatic amines is 1. The van der Waals surface area contributed by atoms with Gasteiger partial charge in [-0.2, -0.15) is 13.2 Å². The molecule has 1 aliphatic rings. The molecule has 0 bridgehead atoms. The number of carbonyl (C=O) groups is 1. The molecule has 1 aliphatic heterocycles. The number of methoxy groups -OCH3 is 1. The number of hydrogen-bond acceptors (Lipinski definition) is 7. The fourth-order valence-corrected chi connectivity index (χ4v) is 3.87. The Kier molecular flexibility index (Phi) is 6.84. The van der Waals surface area contributed by atoms with Crippen molar-refractivity contribution in [3.05, 3.63) is 30.1 Å². The molecule has 2 aromatic heterocycles. The van der Waals surface area contributed by atoms with Crippen molar-refractivity contribution in [2.45, 2.75) is 31.4 Å². The average molecular weight is 518 g/mol. The minimum atomic E-state index is -5.16. The molecule has 4 N–H and O–H groups in total. The number of halogens is 6. The van der Waals surface area contributed by atoms with Crippen LogP contribution < -0.4 is 20.7 Å². The number of nitrogens with zero attached hydrogens (tertiary/aromatic N) is 2. The Hall–Kier alpha value is -3.75. The molecule has 0 saturated carbocycles. The van der Waals surface area contributed by atoms with Crippen molar-refractivity contribution in [1.82, 2.24) is 20.3 Å². The van der Waals surface area contributed by atoms with E-state index in [0.29, 0.717) is 12.7 Å². The van der Waals surface area contributed by atoms with E-state index in [1.807, 2.05) is 0 Å². The first-order chi connectivity index (χ1) is 17.0. The van der Waals surface area contributed by atoms with Gasteiger partial charge in [0, 0.05) is 35.9 Å². The highest BCUT2D eigenvalue weighted by Gasteiger charge is 2.37. The molecule has 1 saturated heterocycles. The van der Waals surface area contributed by atoms with Gasteiger partial charge in [0.05, 0.1) is 24.0 Å². The Morgan fingerprint density at radius 2 is 1.97 bits per heavy atom. The first-order valence-electron chi connectivity index (χ1n) is 10.6. The maximum Gasteiger partial charge on any atom is 0.573 e. The smallest absolute Gasteiger partial charge is 0.453 e. The van der Waals surface area contributed by atoms with Crippen LogP contribution in [0.1, 0.15) is 18.4 Å². The third-order valence-corrected chi connectivity index (χ3v) is 5.43. The summed E-state index contributed by atoms with van der Waals surface area (Å²) < 4.78 is 89.4. The molecular formula is C21H20F6N6O3. The number of ether oxygens (including phenoxy) is 2. The third kappa shape index (κ3) is 5.56. The highest BCUT2D eigenvalue weighted by molar-refractivity contribution is 6.03.